The van der Waals surface area contributed by atoms with E-state index in [2.05, 4.69) is 44.6 Å². The molecule has 0 spiro atoms. The van der Waals surface area contributed by atoms with Gasteiger partial charge in [0.15, 0.2) is 5.65 Å². The summed E-state index contributed by atoms with van der Waals surface area (Å²) in [5.74, 6) is -0.220. The summed E-state index contributed by atoms with van der Waals surface area (Å²) >= 11 is 0. The predicted octanol–water partition coefficient (Wildman–Crippen LogP) is 4.53. The van der Waals surface area contributed by atoms with Crippen molar-refractivity contribution < 1.29 is 19.1 Å². The highest BCUT2D eigenvalue weighted by molar-refractivity contribution is 5.95. The Bertz CT molecular complexity index is 1380. The molecule has 178 valence electrons. The summed E-state index contributed by atoms with van der Waals surface area (Å²) in [6.45, 7) is 5.50. The highest BCUT2D eigenvalue weighted by Gasteiger charge is 2.29. The van der Waals surface area contributed by atoms with Gasteiger partial charge in [0.05, 0.1) is 5.39 Å². The van der Waals surface area contributed by atoms with Gasteiger partial charge in [0.2, 0.25) is 0 Å². The summed E-state index contributed by atoms with van der Waals surface area (Å²) in [5, 5.41) is 7.45. The van der Waals surface area contributed by atoms with Crippen LogP contribution in [0.2, 0.25) is 0 Å². The predicted molar refractivity (Wildman–Crippen MR) is 130 cm³/mol. The number of carbonyl (C=O) groups is 2. The first-order chi connectivity index (χ1) is 16.8. The Morgan fingerprint density at radius 3 is 2.31 bits per heavy atom. The summed E-state index contributed by atoms with van der Waals surface area (Å²) < 4.78 is 12.4. The fourth-order valence-electron chi connectivity index (χ4n) is 4.30. The van der Waals surface area contributed by atoms with Crippen LogP contribution < -0.4 is 5.32 Å². The minimum absolute atomic E-state index is 0.0462. The van der Waals surface area contributed by atoms with Crippen LogP contribution >= 0.6 is 0 Å². The number of hydrogen-bond donors (Lipinski definition) is 1. The number of carbonyl (C=O) groups excluding carboxylic acids is 2. The molecule has 1 amide bonds. The zero-order valence-electron chi connectivity index (χ0n) is 19.7. The summed E-state index contributed by atoms with van der Waals surface area (Å²) in [5.41, 5.74) is 4.33. The summed E-state index contributed by atoms with van der Waals surface area (Å²) in [6.07, 6.45) is 2.26. The van der Waals surface area contributed by atoms with Crippen molar-refractivity contribution in [3.8, 4) is 11.1 Å². The number of benzene rings is 2. The zero-order valence-corrected chi connectivity index (χ0v) is 19.7. The molecule has 0 saturated heterocycles. The number of ether oxygens (including phenoxy) is 2. The van der Waals surface area contributed by atoms with E-state index in [1.54, 1.807) is 27.0 Å². The van der Waals surface area contributed by atoms with Crippen LogP contribution in [0.15, 0.2) is 61.1 Å². The lowest BCUT2D eigenvalue weighted by Crippen LogP contribution is -2.26. The van der Waals surface area contributed by atoms with E-state index in [0.717, 1.165) is 22.3 Å². The highest BCUT2D eigenvalue weighted by Crippen LogP contribution is 2.44. The third-order valence-corrected chi connectivity index (χ3v) is 5.64. The minimum atomic E-state index is -0.633. The monoisotopic (exact) mass is 471 g/mol. The van der Waals surface area contributed by atoms with Crippen LogP contribution in [-0.4, -0.2) is 44.0 Å². The number of fused-ring (bicyclic) bond motifs is 4. The Labute approximate surface area is 202 Å². The first kappa shape index (κ1) is 22.5. The molecule has 0 unspecified atom stereocenters. The smallest absolute Gasteiger partial charge is 0.412 e. The van der Waals surface area contributed by atoms with Gasteiger partial charge in [-0.25, -0.2) is 14.8 Å². The Kier molecular flexibility index (Phi) is 5.68. The maximum absolute atomic E-state index is 12.7. The second-order valence-corrected chi connectivity index (χ2v) is 9.32. The summed E-state index contributed by atoms with van der Waals surface area (Å²) in [4.78, 5) is 33.1. The first-order valence-electron chi connectivity index (χ1n) is 11.3. The number of nitrogens with zero attached hydrogens (tertiary/aromatic N) is 4. The summed E-state index contributed by atoms with van der Waals surface area (Å²) in [7, 11) is 0. The number of esters is 1. The van der Waals surface area contributed by atoms with Gasteiger partial charge in [-0.15, -0.1) is 0 Å². The SMILES string of the molecule is CC(C)(C)OC(=O)Cn1cc2c(NC(=O)OCC3c4ccccc4-c4ccccc43)ncnc2n1. The largest absolute Gasteiger partial charge is 0.459 e. The molecule has 0 bridgehead atoms. The van der Waals surface area contributed by atoms with Crippen LogP contribution in [0.3, 0.4) is 0 Å². The maximum Gasteiger partial charge on any atom is 0.412 e. The Morgan fingerprint density at radius 2 is 1.66 bits per heavy atom. The van der Waals surface area contributed by atoms with E-state index in [-0.39, 0.29) is 24.9 Å². The molecule has 0 fully saturated rings. The third kappa shape index (κ3) is 4.70. The van der Waals surface area contributed by atoms with Gasteiger partial charge in [0.25, 0.3) is 0 Å². The summed E-state index contributed by atoms with van der Waals surface area (Å²) in [6, 6.07) is 16.3. The normalized spacial score (nSPS) is 12.8. The molecular formula is C26H25N5O4. The Balaban J connectivity index is 1.28. The average Bonchev–Trinajstić information content (AvgIpc) is 3.35. The van der Waals surface area contributed by atoms with Crippen LogP contribution in [0.1, 0.15) is 37.8 Å². The molecule has 9 nitrogen and oxygen atoms in total. The lowest BCUT2D eigenvalue weighted by Gasteiger charge is -2.19. The molecular weight excluding hydrogens is 446 g/mol. The molecule has 0 saturated carbocycles. The Hall–Kier alpha value is -4.27. The quantitative estimate of drug-likeness (QED) is 0.426. The van der Waals surface area contributed by atoms with E-state index in [1.807, 2.05) is 24.3 Å². The van der Waals surface area contributed by atoms with Crippen molar-refractivity contribution in [2.24, 2.45) is 0 Å². The molecule has 35 heavy (non-hydrogen) atoms. The van der Waals surface area contributed by atoms with Crippen LogP contribution in [0.5, 0.6) is 0 Å². The van der Waals surface area contributed by atoms with Crippen molar-refractivity contribution in [2.45, 2.75) is 38.8 Å². The zero-order chi connectivity index (χ0) is 24.6. The van der Waals surface area contributed by atoms with Gasteiger partial charge in [0, 0.05) is 12.1 Å². The average molecular weight is 472 g/mol. The molecule has 0 atom stereocenters. The number of anilines is 1. The van der Waals surface area contributed by atoms with Gasteiger partial charge in [0.1, 0.15) is 30.9 Å². The number of amides is 1. The van der Waals surface area contributed by atoms with Gasteiger partial charge in [-0.05, 0) is 43.0 Å². The first-order valence-corrected chi connectivity index (χ1v) is 11.3. The second kappa shape index (κ2) is 8.83. The van der Waals surface area contributed by atoms with E-state index in [1.165, 1.54) is 11.0 Å². The van der Waals surface area contributed by atoms with Crippen LogP contribution in [0.4, 0.5) is 10.6 Å². The molecule has 0 radical (unpaired) electrons. The maximum atomic E-state index is 12.7. The van der Waals surface area contributed by atoms with Crippen molar-refractivity contribution in [2.75, 3.05) is 11.9 Å². The van der Waals surface area contributed by atoms with Crippen molar-refractivity contribution in [3.05, 3.63) is 72.2 Å². The third-order valence-electron chi connectivity index (χ3n) is 5.64. The standard InChI is InChI=1S/C26H25N5O4/c1-26(2,3)35-22(32)13-31-12-20-23(27-15-28-24(20)30-31)29-25(33)34-14-21-18-10-6-4-8-16(18)17-9-5-7-11-19(17)21/h4-12,15,21H,13-14H2,1-3H3,(H,27,28,29,30,33). The van der Waals surface area contributed by atoms with Crippen LogP contribution in [-0.2, 0) is 20.8 Å². The number of rotatable bonds is 5. The highest BCUT2D eigenvalue weighted by atomic mass is 16.6. The Morgan fingerprint density at radius 1 is 1.00 bits per heavy atom. The van der Waals surface area contributed by atoms with Gasteiger partial charge in [-0.3, -0.25) is 14.8 Å². The number of hydrogen-bond acceptors (Lipinski definition) is 7. The van der Waals surface area contributed by atoms with Crippen molar-refractivity contribution >= 4 is 28.9 Å². The van der Waals surface area contributed by atoms with E-state index < -0.39 is 17.7 Å². The van der Waals surface area contributed by atoms with Crippen molar-refractivity contribution in [1.29, 1.82) is 0 Å². The van der Waals surface area contributed by atoms with E-state index in [4.69, 9.17) is 9.47 Å². The molecule has 9 heteroatoms. The van der Waals surface area contributed by atoms with Gasteiger partial charge in [-0.2, -0.15) is 5.10 Å². The van der Waals surface area contributed by atoms with Gasteiger partial charge < -0.3 is 9.47 Å². The van der Waals surface area contributed by atoms with E-state index in [0.29, 0.717) is 11.0 Å². The van der Waals surface area contributed by atoms with Gasteiger partial charge in [-0.1, -0.05) is 48.5 Å². The van der Waals surface area contributed by atoms with Crippen molar-refractivity contribution in [3.63, 3.8) is 0 Å². The van der Waals surface area contributed by atoms with E-state index >= 15 is 0 Å². The number of aromatic nitrogens is 4. The lowest BCUT2D eigenvalue weighted by molar-refractivity contribution is -0.155. The number of nitrogens with one attached hydrogen (secondary N) is 1. The van der Waals surface area contributed by atoms with E-state index in [9.17, 15) is 9.59 Å². The fraction of sp³-hybridized carbons (Fsp3) is 0.269. The molecule has 2 aromatic carbocycles. The molecule has 0 aliphatic heterocycles. The second-order valence-electron chi connectivity index (χ2n) is 9.32. The van der Waals surface area contributed by atoms with Gasteiger partial charge >= 0.3 is 12.1 Å². The molecule has 2 heterocycles. The molecule has 1 N–H and O–H groups in total. The van der Waals surface area contributed by atoms with Crippen LogP contribution in [0, 0.1) is 0 Å². The molecule has 1 aliphatic carbocycles. The fourth-order valence-corrected chi connectivity index (χ4v) is 4.30. The molecule has 4 aromatic rings. The topological polar surface area (TPSA) is 108 Å². The van der Waals surface area contributed by atoms with Crippen LogP contribution in [0.25, 0.3) is 22.2 Å². The molecule has 1 aliphatic rings. The van der Waals surface area contributed by atoms with Crippen molar-refractivity contribution in [1.82, 2.24) is 19.7 Å². The molecule has 5 rings (SSSR count). The lowest BCUT2D eigenvalue weighted by atomic mass is 9.98. The minimum Gasteiger partial charge on any atom is -0.459 e. The molecule has 2 aromatic heterocycles.